The zero-order valence-electron chi connectivity index (χ0n) is 21.5. The molecule has 1 N–H and O–H groups in total. The van der Waals surface area contributed by atoms with E-state index >= 15 is 0 Å². The monoisotopic (exact) mass is 450 g/mol. The van der Waals surface area contributed by atoms with E-state index in [4.69, 9.17) is 9.84 Å². The summed E-state index contributed by atoms with van der Waals surface area (Å²) in [5.41, 5.74) is 1.17. The van der Waals surface area contributed by atoms with E-state index in [1.54, 1.807) is 0 Å². The van der Waals surface area contributed by atoms with Gasteiger partial charge in [0.15, 0.2) is 0 Å². The molecule has 0 aromatic heterocycles. The summed E-state index contributed by atoms with van der Waals surface area (Å²) in [7, 11) is 0. The Morgan fingerprint density at radius 3 is 2.38 bits per heavy atom. The van der Waals surface area contributed by atoms with E-state index < -0.39 is 0 Å². The fourth-order valence-corrected chi connectivity index (χ4v) is 9.77. The molecule has 5 fully saturated rings. The van der Waals surface area contributed by atoms with Gasteiger partial charge in [0, 0.05) is 10.9 Å². The van der Waals surface area contributed by atoms with Crippen LogP contribution in [-0.4, -0.2) is 23.9 Å². The zero-order valence-corrected chi connectivity index (χ0v) is 21.5. The lowest BCUT2D eigenvalue weighted by Crippen LogP contribution is -2.53. The van der Waals surface area contributed by atoms with Crippen molar-refractivity contribution in [2.24, 2.45) is 46.3 Å². The molecule has 1 saturated heterocycles. The van der Waals surface area contributed by atoms with Crippen LogP contribution in [0, 0.1) is 46.3 Å². The molecule has 1 aliphatic heterocycles. The maximum absolute atomic E-state index is 9.14. The van der Waals surface area contributed by atoms with Gasteiger partial charge in [0.1, 0.15) is 0 Å². The van der Waals surface area contributed by atoms with Crippen LogP contribution in [0.2, 0.25) is 0 Å². The number of hydrogen-bond donors (Lipinski definition) is 1. The molecule has 2 nitrogen and oxygen atoms in total. The van der Waals surface area contributed by atoms with Crippen molar-refractivity contribution in [2.75, 3.05) is 6.61 Å². The first-order valence-corrected chi connectivity index (χ1v) is 13.8. The van der Waals surface area contributed by atoms with Crippen molar-refractivity contribution < 1.29 is 14.1 Å². The molecule has 0 radical (unpaired) electrons. The van der Waals surface area contributed by atoms with E-state index in [1.165, 1.54) is 57.8 Å². The van der Waals surface area contributed by atoms with Crippen LogP contribution in [0.25, 0.3) is 0 Å². The quantitative estimate of drug-likeness (QED) is 0.343. The molecule has 5 rings (SSSR count). The van der Waals surface area contributed by atoms with Gasteiger partial charge in [-0.1, -0.05) is 33.6 Å². The van der Waals surface area contributed by atoms with Gasteiger partial charge in [-0.25, -0.2) is 0 Å². The normalized spacial score (nSPS) is 48.6. The number of ether oxygens (including phenoxy) is 1. The fraction of sp³-hybridized carbons (Fsp3) is 0.867. The Balaban J connectivity index is 0.00000157. The van der Waals surface area contributed by atoms with Crippen LogP contribution in [0.3, 0.4) is 0 Å². The van der Waals surface area contributed by atoms with E-state index in [1.807, 2.05) is 0 Å². The lowest BCUT2D eigenvalue weighted by molar-refractivity contribution is -0.115. The lowest BCUT2D eigenvalue weighted by Gasteiger charge is -2.60. The zero-order chi connectivity index (χ0) is 23.5. The highest BCUT2D eigenvalue weighted by atomic mass is 16.5. The second-order valence-electron chi connectivity index (χ2n) is 12.0. The minimum absolute atomic E-state index is 0. The molecule has 190 valence electrons. The number of aliphatic hydroxyl groups is 1. The molecule has 0 spiro atoms. The topological polar surface area (TPSA) is 29.5 Å². The Bertz CT molecular complexity index is 616. The Kier molecular flexibility index (Phi) is 8.75. The molecule has 2 heteroatoms. The second kappa shape index (κ2) is 10.8. The van der Waals surface area contributed by atoms with E-state index in [-0.39, 0.29) is 4.28 Å². The first-order valence-electron chi connectivity index (χ1n) is 13.8. The fourth-order valence-electron chi connectivity index (χ4n) is 9.77. The minimum Gasteiger partial charge on any atom is -0.396 e. The summed E-state index contributed by atoms with van der Waals surface area (Å²) < 4.78 is 6.73. The summed E-state index contributed by atoms with van der Waals surface area (Å²) in [5, 5.41) is 9.14. The molecule has 32 heavy (non-hydrogen) atoms. The maximum atomic E-state index is 9.14. The molecule has 0 bridgehead atoms. The number of unbranched alkanes of at least 4 members (excludes halogenated alkanes) is 1. The molecule has 0 aromatic rings. The molecule has 4 aliphatic carbocycles. The SMILES string of the molecule is C=C.C=C.CC1C2[C@H](CC3[C@@H]4CC[C@@H]5CCCC[C@]5(C)C4CC[C@@]32C)O[C@@H]1CCCCO.[HH].[HH].[HH]. The molecule has 5 aliphatic rings. The number of fused-ring (bicyclic) bond motifs is 7. The summed E-state index contributed by atoms with van der Waals surface area (Å²) >= 11 is 0. The van der Waals surface area contributed by atoms with Crippen molar-refractivity contribution in [1.29, 1.82) is 0 Å². The van der Waals surface area contributed by atoms with Gasteiger partial charge in [0.25, 0.3) is 0 Å². The summed E-state index contributed by atoms with van der Waals surface area (Å²) in [6.07, 6.45) is 17.5. The van der Waals surface area contributed by atoms with Crippen molar-refractivity contribution >= 4 is 0 Å². The van der Waals surface area contributed by atoms with Gasteiger partial charge in [0.05, 0.1) is 12.2 Å². The molecular formula is C30H58O2. The minimum atomic E-state index is 0. The van der Waals surface area contributed by atoms with Gasteiger partial charge in [-0.05, 0) is 111 Å². The van der Waals surface area contributed by atoms with Gasteiger partial charge in [-0.15, -0.1) is 26.3 Å². The van der Waals surface area contributed by atoms with Crippen molar-refractivity contribution in [3.8, 4) is 0 Å². The summed E-state index contributed by atoms with van der Waals surface area (Å²) in [6.45, 7) is 20.2. The standard InChI is InChI=1S/C26H44O2.2C2H4.3H2/c1-17-22(9-5-7-15-27)28-23-16-21-19-11-10-18-8-4-6-13-25(18,2)20(19)12-14-26(21,3)24(17)23;2*1-2;;;/h17-24,27H,4-16H2,1-3H3;2*1-2H2;3*1H/t17?,18-,19+,20?,21?,22+,23-,24?,25-,26-;;;;;/m0...../s1. The lowest BCUT2D eigenvalue weighted by atomic mass is 9.44. The molecule has 4 unspecified atom stereocenters. The molecule has 1 heterocycles. The van der Waals surface area contributed by atoms with Crippen LogP contribution < -0.4 is 0 Å². The maximum Gasteiger partial charge on any atom is 0.0618 e. The third-order valence-electron chi connectivity index (χ3n) is 11.1. The highest BCUT2D eigenvalue weighted by molar-refractivity contribution is 5.13. The summed E-state index contributed by atoms with van der Waals surface area (Å²) in [5.74, 6) is 5.42. The van der Waals surface area contributed by atoms with Crippen LogP contribution in [0.5, 0.6) is 0 Å². The van der Waals surface area contributed by atoms with Gasteiger partial charge < -0.3 is 9.84 Å². The van der Waals surface area contributed by atoms with Gasteiger partial charge >= 0.3 is 0 Å². The van der Waals surface area contributed by atoms with Crippen molar-refractivity contribution in [1.82, 2.24) is 0 Å². The van der Waals surface area contributed by atoms with Crippen LogP contribution in [0.1, 0.15) is 102 Å². The molecule has 4 saturated carbocycles. The number of aliphatic hydroxyl groups excluding tert-OH is 1. The number of rotatable bonds is 4. The van der Waals surface area contributed by atoms with Crippen molar-refractivity contribution in [3.05, 3.63) is 26.3 Å². The van der Waals surface area contributed by atoms with Crippen molar-refractivity contribution in [3.63, 3.8) is 0 Å². The van der Waals surface area contributed by atoms with Crippen LogP contribution in [0.4, 0.5) is 0 Å². The van der Waals surface area contributed by atoms with E-state index in [2.05, 4.69) is 47.1 Å². The number of hydrogen-bond acceptors (Lipinski definition) is 2. The molecular weight excluding hydrogens is 392 g/mol. The average molecular weight is 451 g/mol. The highest BCUT2D eigenvalue weighted by Gasteiger charge is 2.65. The summed E-state index contributed by atoms with van der Waals surface area (Å²) in [6, 6.07) is 0. The third-order valence-corrected chi connectivity index (χ3v) is 11.1. The third kappa shape index (κ3) is 4.17. The average Bonchev–Trinajstić information content (AvgIpc) is 3.29. The predicted octanol–water partition coefficient (Wildman–Crippen LogP) is 8.55. The van der Waals surface area contributed by atoms with E-state index in [0.29, 0.717) is 35.6 Å². The first-order chi connectivity index (χ1) is 15.5. The van der Waals surface area contributed by atoms with Crippen LogP contribution in [0.15, 0.2) is 26.3 Å². The van der Waals surface area contributed by atoms with Gasteiger partial charge in [0.2, 0.25) is 0 Å². The van der Waals surface area contributed by atoms with Gasteiger partial charge in [-0.3, -0.25) is 0 Å². The Labute approximate surface area is 203 Å². The van der Waals surface area contributed by atoms with Crippen LogP contribution in [-0.2, 0) is 4.74 Å². The molecule has 0 amide bonds. The first kappa shape index (κ1) is 26.0. The Morgan fingerprint density at radius 1 is 0.906 bits per heavy atom. The van der Waals surface area contributed by atoms with Crippen LogP contribution >= 0.6 is 0 Å². The predicted molar refractivity (Wildman–Crippen MR) is 143 cm³/mol. The largest absolute Gasteiger partial charge is 0.396 e. The smallest absolute Gasteiger partial charge is 0.0618 e. The summed E-state index contributed by atoms with van der Waals surface area (Å²) in [4.78, 5) is 0. The Hall–Kier alpha value is -0.600. The van der Waals surface area contributed by atoms with Crippen molar-refractivity contribution in [2.45, 2.75) is 110 Å². The molecule has 10 atom stereocenters. The van der Waals surface area contributed by atoms with E-state index in [0.717, 1.165) is 48.9 Å². The highest BCUT2D eigenvalue weighted by Crippen LogP contribution is 2.70. The Morgan fingerprint density at radius 2 is 1.66 bits per heavy atom. The second-order valence-corrected chi connectivity index (χ2v) is 12.0. The van der Waals surface area contributed by atoms with E-state index in [9.17, 15) is 0 Å². The molecule has 0 aromatic carbocycles. The van der Waals surface area contributed by atoms with Gasteiger partial charge in [-0.2, -0.15) is 0 Å².